The summed E-state index contributed by atoms with van der Waals surface area (Å²) in [6.07, 6.45) is 0. The van der Waals surface area contributed by atoms with E-state index in [0.29, 0.717) is 22.6 Å². The zero-order valence-electron chi connectivity index (χ0n) is 14.1. The Labute approximate surface area is 149 Å². The van der Waals surface area contributed by atoms with Crippen molar-refractivity contribution in [2.75, 3.05) is 0 Å². The van der Waals surface area contributed by atoms with Crippen LogP contribution < -0.4 is 5.56 Å². The molecular formula is C21H16FN3O. The summed E-state index contributed by atoms with van der Waals surface area (Å²) in [5, 5.41) is 4.54. The minimum Gasteiger partial charge on any atom is -0.326 e. The number of benzene rings is 2. The Morgan fingerprint density at radius 1 is 0.962 bits per heavy atom. The third-order valence-electron chi connectivity index (χ3n) is 4.19. The van der Waals surface area contributed by atoms with Crippen molar-refractivity contribution in [1.82, 2.24) is 14.8 Å². The highest BCUT2D eigenvalue weighted by Gasteiger charge is 2.16. The largest absolute Gasteiger partial charge is 0.326 e. The van der Waals surface area contributed by atoms with Crippen molar-refractivity contribution in [3.63, 3.8) is 0 Å². The average Bonchev–Trinajstić information content (AvgIpc) is 3.07. The lowest BCUT2D eigenvalue weighted by atomic mass is 10.1. The number of aromatic nitrogens is 3. The molecule has 0 atom stereocenters. The number of hydrogen-bond donors (Lipinski definition) is 1. The SMILES string of the molecule is Cc1ccc(-c2cc(-c3ccccc3)n(-c3ccccc3F)n2)c(=O)[nH]1. The van der Waals surface area contributed by atoms with E-state index in [1.807, 2.05) is 49.4 Å². The van der Waals surface area contributed by atoms with Gasteiger partial charge in [-0.15, -0.1) is 0 Å². The van der Waals surface area contributed by atoms with E-state index in [-0.39, 0.29) is 11.4 Å². The van der Waals surface area contributed by atoms with E-state index in [4.69, 9.17) is 0 Å². The van der Waals surface area contributed by atoms with Crippen LogP contribution in [-0.2, 0) is 0 Å². The van der Waals surface area contributed by atoms with Gasteiger partial charge < -0.3 is 4.98 Å². The molecule has 0 bridgehead atoms. The lowest BCUT2D eigenvalue weighted by molar-refractivity contribution is 0.612. The second kappa shape index (κ2) is 6.44. The summed E-state index contributed by atoms with van der Waals surface area (Å²) >= 11 is 0. The molecule has 0 radical (unpaired) electrons. The Kier molecular flexibility index (Phi) is 3.97. The van der Waals surface area contributed by atoms with Gasteiger partial charge in [-0.2, -0.15) is 5.10 Å². The van der Waals surface area contributed by atoms with Gasteiger partial charge in [-0.05, 0) is 37.3 Å². The number of aromatic amines is 1. The lowest BCUT2D eigenvalue weighted by Gasteiger charge is -2.08. The first-order valence-electron chi connectivity index (χ1n) is 8.24. The standard InChI is InChI=1S/C21H16FN3O/c1-14-11-12-16(21(26)23-14)18-13-20(15-7-3-2-4-8-15)25(24-18)19-10-6-5-9-17(19)22/h2-13H,1H3,(H,23,26). The first kappa shape index (κ1) is 16.0. The van der Waals surface area contributed by atoms with E-state index in [1.165, 1.54) is 6.07 Å². The van der Waals surface area contributed by atoms with Crippen LogP contribution in [0.15, 0.2) is 77.6 Å². The molecule has 0 fully saturated rings. The van der Waals surface area contributed by atoms with E-state index >= 15 is 0 Å². The van der Waals surface area contributed by atoms with Gasteiger partial charge in [-0.1, -0.05) is 42.5 Å². The van der Waals surface area contributed by atoms with Crippen molar-refractivity contribution in [2.45, 2.75) is 6.92 Å². The van der Waals surface area contributed by atoms with Crippen LogP contribution in [0.25, 0.3) is 28.2 Å². The number of nitrogens with zero attached hydrogens (tertiary/aromatic N) is 2. The quantitative estimate of drug-likeness (QED) is 0.600. The Hall–Kier alpha value is -3.47. The van der Waals surface area contributed by atoms with Crippen LogP contribution in [0.4, 0.5) is 4.39 Å². The minimum absolute atomic E-state index is 0.220. The van der Waals surface area contributed by atoms with Crippen molar-refractivity contribution in [3.8, 4) is 28.2 Å². The Bertz CT molecular complexity index is 1130. The molecule has 1 N–H and O–H groups in total. The van der Waals surface area contributed by atoms with Gasteiger partial charge in [-0.25, -0.2) is 9.07 Å². The van der Waals surface area contributed by atoms with E-state index in [9.17, 15) is 9.18 Å². The highest BCUT2D eigenvalue weighted by atomic mass is 19.1. The first-order chi connectivity index (χ1) is 12.6. The molecule has 5 heteroatoms. The van der Waals surface area contributed by atoms with Crippen molar-refractivity contribution in [2.24, 2.45) is 0 Å². The molecule has 0 aliphatic carbocycles. The van der Waals surface area contributed by atoms with Gasteiger partial charge in [0.2, 0.25) is 0 Å². The summed E-state index contributed by atoms with van der Waals surface area (Å²) in [5.41, 5.74) is 3.43. The molecule has 4 rings (SSSR count). The fourth-order valence-electron chi connectivity index (χ4n) is 2.91. The molecule has 2 aromatic heterocycles. The highest BCUT2D eigenvalue weighted by molar-refractivity contribution is 5.70. The normalized spacial score (nSPS) is 10.8. The number of halogens is 1. The molecule has 0 amide bonds. The van der Waals surface area contributed by atoms with Gasteiger partial charge in [-0.3, -0.25) is 4.79 Å². The van der Waals surface area contributed by atoms with Crippen LogP contribution in [0.3, 0.4) is 0 Å². The molecule has 26 heavy (non-hydrogen) atoms. The third-order valence-corrected chi connectivity index (χ3v) is 4.19. The molecule has 2 aromatic carbocycles. The van der Waals surface area contributed by atoms with Gasteiger partial charge in [0.25, 0.3) is 5.56 Å². The van der Waals surface area contributed by atoms with Crippen LogP contribution in [0.1, 0.15) is 5.69 Å². The van der Waals surface area contributed by atoms with Crippen LogP contribution in [0.2, 0.25) is 0 Å². The maximum Gasteiger partial charge on any atom is 0.257 e. The maximum atomic E-state index is 14.4. The van der Waals surface area contributed by atoms with Crippen molar-refractivity contribution in [3.05, 3.63) is 94.7 Å². The number of para-hydroxylation sites is 1. The zero-order chi connectivity index (χ0) is 18.1. The molecule has 0 aliphatic rings. The second-order valence-electron chi connectivity index (χ2n) is 6.03. The monoisotopic (exact) mass is 345 g/mol. The van der Waals surface area contributed by atoms with E-state index in [2.05, 4.69) is 10.1 Å². The first-order valence-corrected chi connectivity index (χ1v) is 8.24. The number of hydrogen-bond acceptors (Lipinski definition) is 2. The molecule has 4 nitrogen and oxygen atoms in total. The predicted molar refractivity (Wildman–Crippen MR) is 99.8 cm³/mol. The summed E-state index contributed by atoms with van der Waals surface area (Å²) in [7, 11) is 0. The predicted octanol–water partition coefficient (Wildman–Crippen LogP) is 4.34. The van der Waals surface area contributed by atoms with Crippen molar-refractivity contribution >= 4 is 0 Å². The number of rotatable bonds is 3. The molecule has 0 aliphatic heterocycles. The molecule has 0 unspecified atom stereocenters. The molecule has 0 saturated carbocycles. The van der Waals surface area contributed by atoms with Crippen LogP contribution in [0, 0.1) is 12.7 Å². The summed E-state index contributed by atoms with van der Waals surface area (Å²) in [6, 6.07) is 21.4. The molecule has 128 valence electrons. The number of H-pyrrole nitrogens is 1. The van der Waals surface area contributed by atoms with Gasteiger partial charge in [0.05, 0.1) is 17.0 Å². The Morgan fingerprint density at radius 3 is 2.42 bits per heavy atom. The van der Waals surface area contributed by atoms with Gasteiger partial charge in [0, 0.05) is 11.3 Å². The van der Waals surface area contributed by atoms with Crippen LogP contribution >= 0.6 is 0 Å². The molecule has 0 spiro atoms. The van der Waals surface area contributed by atoms with Crippen molar-refractivity contribution < 1.29 is 4.39 Å². The molecule has 0 saturated heterocycles. The Balaban J connectivity index is 1.97. The number of pyridine rings is 1. The third kappa shape index (κ3) is 2.84. The summed E-state index contributed by atoms with van der Waals surface area (Å²) in [4.78, 5) is 15.1. The molecule has 4 aromatic rings. The van der Waals surface area contributed by atoms with Crippen molar-refractivity contribution in [1.29, 1.82) is 0 Å². The van der Waals surface area contributed by atoms with E-state index in [0.717, 1.165) is 11.3 Å². The second-order valence-corrected chi connectivity index (χ2v) is 6.03. The minimum atomic E-state index is -0.378. The van der Waals surface area contributed by atoms with E-state index < -0.39 is 0 Å². The molecule has 2 heterocycles. The smallest absolute Gasteiger partial charge is 0.257 e. The zero-order valence-corrected chi connectivity index (χ0v) is 14.1. The maximum absolute atomic E-state index is 14.4. The lowest BCUT2D eigenvalue weighted by Crippen LogP contribution is -2.10. The summed E-state index contributed by atoms with van der Waals surface area (Å²) < 4.78 is 15.9. The van der Waals surface area contributed by atoms with Crippen LogP contribution in [0.5, 0.6) is 0 Å². The summed E-state index contributed by atoms with van der Waals surface area (Å²) in [5.74, 6) is -0.378. The number of aryl methyl sites for hydroxylation is 1. The fourth-order valence-corrected chi connectivity index (χ4v) is 2.91. The Morgan fingerprint density at radius 2 is 1.69 bits per heavy atom. The fraction of sp³-hybridized carbons (Fsp3) is 0.0476. The highest BCUT2D eigenvalue weighted by Crippen LogP contribution is 2.28. The van der Waals surface area contributed by atoms with Gasteiger partial charge >= 0.3 is 0 Å². The topological polar surface area (TPSA) is 50.7 Å². The molecular weight excluding hydrogens is 329 g/mol. The number of nitrogens with one attached hydrogen (secondary N) is 1. The average molecular weight is 345 g/mol. The van der Waals surface area contributed by atoms with Crippen LogP contribution in [-0.4, -0.2) is 14.8 Å². The van der Waals surface area contributed by atoms with Gasteiger partial charge in [0.15, 0.2) is 0 Å². The summed E-state index contributed by atoms with van der Waals surface area (Å²) in [6.45, 7) is 1.82. The van der Waals surface area contributed by atoms with Gasteiger partial charge in [0.1, 0.15) is 11.5 Å². The van der Waals surface area contributed by atoms with E-state index in [1.54, 1.807) is 28.9 Å².